The van der Waals surface area contributed by atoms with E-state index in [2.05, 4.69) is 15.0 Å². The van der Waals surface area contributed by atoms with E-state index in [1.165, 1.54) is 22.4 Å². The Kier molecular flexibility index (Phi) is 5.40. The van der Waals surface area contributed by atoms with E-state index >= 15 is 0 Å². The van der Waals surface area contributed by atoms with Crippen LogP contribution in [0.1, 0.15) is 24.4 Å². The number of pyridine rings is 1. The molecule has 0 aliphatic carbocycles. The van der Waals surface area contributed by atoms with Crippen LogP contribution in [0, 0.1) is 0 Å². The second-order valence-electron chi connectivity index (χ2n) is 8.65. The normalized spacial score (nSPS) is 19.1. The molecule has 0 amide bonds. The van der Waals surface area contributed by atoms with Gasteiger partial charge in [0.1, 0.15) is 0 Å². The summed E-state index contributed by atoms with van der Waals surface area (Å²) < 4.78 is 28.7. The number of alkyl halides is 2. The van der Waals surface area contributed by atoms with E-state index < -0.39 is 17.0 Å². The van der Waals surface area contributed by atoms with Crippen LogP contribution in [0.3, 0.4) is 0 Å². The van der Waals surface area contributed by atoms with Gasteiger partial charge in [-0.1, -0.05) is 11.6 Å². The van der Waals surface area contributed by atoms with Gasteiger partial charge in [0.2, 0.25) is 5.95 Å². The molecule has 5 heterocycles. The fraction of sp³-hybridized carbons (Fsp3) is 0.476. The topological polar surface area (TPSA) is 89.2 Å². The van der Waals surface area contributed by atoms with Crippen LogP contribution < -0.4 is 16.0 Å². The van der Waals surface area contributed by atoms with Crippen molar-refractivity contribution in [2.75, 3.05) is 31.1 Å². The Morgan fingerprint density at radius 2 is 1.73 bits per heavy atom. The molecule has 2 aliphatic rings. The number of piperidine rings is 1. The zero-order valence-corrected chi connectivity index (χ0v) is 18.7. The van der Waals surface area contributed by atoms with Gasteiger partial charge in [0.25, 0.3) is 5.92 Å². The van der Waals surface area contributed by atoms with Crippen molar-refractivity contribution < 1.29 is 8.78 Å². The number of likely N-dealkylation sites (tertiary alicyclic amines) is 1. The molecule has 0 aromatic carbocycles. The molecular formula is C21H22ClF2N7O2. The lowest BCUT2D eigenvalue weighted by molar-refractivity contribution is -0.133. The third-order valence-corrected chi connectivity index (χ3v) is 6.44. The second-order valence-corrected chi connectivity index (χ2v) is 9.08. The molecule has 5 rings (SSSR count). The van der Waals surface area contributed by atoms with Crippen molar-refractivity contribution in [3.05, 3.63) is 56.0 Å². The molecule has 0 radical (unpaired) electrons. The Balaban J connectivity index is 1.30. The monoisotopic (exact) mass is 477 g/mol. The smallest absolute Gasteiger partial charge is 0.318 e. The van der Waals surface area contributed by atoms with E-state index in [1.54, 1.807) is 23.4 Å². The van der Waals surface area contributed by atoms with E-state index in [-0.39, 0.29) is 19.1 Å². The maximum absolute atomic E-state index is 13.0. The Morgan fingerprint density at radius 3 is 2.36 bits per heavy atom. The first-order valence-corrected chi connectivity index (χ1v) is 11.0. The van der Waals surface area contributed by atoms with E-state index in [0.717, 1.165) is 5.56 Å². The van der Waals surface area contributed by atoms with Gasteiger partial charge in [0, 0.05) is 56.9 Å². The van der Waals surface area contributed by atoms with Crippen molar-refractivity contribution in [1.29, 1.82) is 0 Å². The molecule has 3 aromatic heterocycles. The van der Waals surface area contributed by atoms with Gasteiger partial charge in [0.15, 0.2) is 5.65 Å². The van der Waals surface area contributed by atoms with E-state index in [0.29, 0.717) is 54.6 Å². The van der Waals surface area contributed by atoms with Gasteiger partial charge >= 0.3 is 11.1 Å². The van der Waals surface area contributed by atoms with Gasteiger partial charge in [-0.3, -0.25) is 19.1 Å². The van der Waals surface area contributed by atoms with Crippen molar-refractivity contribution >= 4 is 28.7 Å². The minimum atomic E-state index is -2.59. The van der Waals surface area contributed by atoms with Crippen molar-refractivity contribution in [1.82, 2.24) is 29.0 Å². The molecule has 2 fully saturated rings. The van der Waals surface area contributed by atoms with E-state index in [1.807, 2.05) is 4.90 Å². The summed E-state index contributed by atoms with van der Waals surface area (Å²) in [5.41, 5.74) is 0.505. The van der Waals surface area contributed by atoms with Crippen LogP contribution in [-0.4, -0.2) is 61.1 Å². The average molecular weight is 478 g/mol. The van der Waals surface area contributed by atoms with Gasteiger partial charge < -0.3 is 9.47 Å². The summed E-state index contributed by atoms with van der Waals surface area (Å²) in [6.07, 6.45) is 6.02. The number of aryl methyl sites for hydroxylation is 1. The van der Waals surface area contributed by atoms with E-state index in [9.17, 15) is 18.4 Å². The summed E-state index contributed by atoms with van der Waals surface area (Å²) in [4.78, 5) is 42.1. The van der Waals surface area contributed by atoms with Gasteiger partial charge in [-0.2, -0.15) is 0 Å². The fourth-order valence-electron chi connectivity index (χ4n) is 4.54. The summed E-state index contributed by atoms with van der Waals surface area (Å²) >= 11 is 6.05. The summed E-state index contributed by atoms with van der Waals surface area (Å²) in [7, 11) is 1.53. The first kappa shape index (κ1) is 21.9. The highest BCUT2D eigenvalue weighted by molar-refractivity contribution is 6.31. The molecule has 12 heteroatoms. The van der Waals surface area contributed by atoms with Crippen LogP contribution >= 0.6 is 11.6 Å². The molecule has 0 N–H and O–H groups in total. The highest BCUT2D eigenvalue weighted by atomic mass is 35.5. The highest BCUT2D eigenvalue weighted by Crippen LogP contribution is 2.29. The summed E-state index contributed by atoms with van der Waals surface area (Å²) in [5, 5.41) is 0.390. The number of hydrogen-bond acceptors (Lipinski definition) is 7. The van der Waals surface area contributed by atoms with Crippen molar-refractivity contribution in [2.45, 2.75) is 31.4 Å². The Labute approximate surface area is 192 Å². The number of anilines is 1. The minimum absolute atomic E-state index is 0.189. The SMILES string of the molecule is Cn1c(=O)c(=O)n(C2CCN(c3ncc(CN4CC(F)(F)C4)cn3)CC2)c2ncc(Cl)cc21. The Hall–Kier alpha value is -2.92. The minimum Gasteiger partial charge on any atom is -0.341 e. The molecule has 2 saturated heterocycles. The number of rotatable bonds is 4. The van der Waals surface area contributed by atoms with Crippen LogP contribution in [0.4, 0.5) is 14.7 Å². The number of hydrogen-bond donors (Lipinski definition) is 0. The molecule has 9 nitrogen and oxygen atoms in total. The van der Waals surface area contributed by atoms with E-state index in [4.69, 9.17) is 11.6 Å². The Bertz CT molecular complexity index is 1310. The third-order valence-electron chi connectivity index (χ3n) is 6.23. The predicted octanol–water partition coefficient (Wildman–Crippen LogP) is 1.83. The van der Waals surface area contributed by atoms with Crippen molar-refractivity contribution in [2.24, 2.45) is 7.05 Å². The van der Waals surface area contributed by atoms with Gasteiger partial charge in [-0.15, -0.1) is 0 Å². The number of fused-ring (bicyclic) bond motifs is 1. The van der Waals surface area contributed by atoms with Crippen LogP contribution in [0.25, 0.3) is 11.2 Å². The number of nitrogens with zero attached hydrogens (tertiary/aromatic N) is 7. The summed E-state index contributed by atoms with van der Waals surface area (Å²) in [6.45, 7) is 1.12. The molecule has 0 spiro atoms. The van der Waals surface area contributed by atoms with Crippen molar-refractivity contribution in [3.8, 4) is 0 Å². The molecule has 0 atom stereocenters. The van der Waals surface area contributed by atoms with Crippen LogP contribution in [0.2, 0.25) is 5.02 Å². The molecule has 3 aromatic rings. The lowest BCUT2D eigenvalue weighted by Crippen LogP contribution is -2.55. The molecule has 174 valence electrons. The molecule has 0 bridgehead atoms. The van der Waals surface area contributed by atoms with Crippen LogP contribution in [0.5, 0.6) is 0 Å². The third kappa shape index (κ3) is 4.10. The number of aromatic nitrogens is 5. The lowest BCUT2D eigenvalue weighted by Gasteiger charge is -2.38. The zero-order valence-electron chi connectivity index (χ0n) is 17.9. The maximum atomic E-state index is 13.0. The summed E-state index contributed by atoms with van der Waals surface area (Å²) in [5.74, 6) is -2.04. The largest absolute Gasteiger partial charge is 0.341 e. The molecule has 0 saturated carbocycles. The molecule has 0 unspecified atom stereocenters. The summed E-state index contributed by atoms with van der Waals surface area (Å²) in [6, 6.07) is 1.44. The maximum Gasteiger partial charge on any atom is 0.318 e. The van der Waals surface area contributed by atoms with Gasteiger partial charge in [0.05, 0.1) is 23.6 Å². The predicted molar refractivity (Wildman–Crippen MR) is 119 cm³/mol. The quantitative estimate of drug-likeness (QED) is 0.530. The first-order valence-electron chi connectivity index (χ1n) is 10.6. The van der Waals surface area contributed by atoms with Crippen molar-refractivity contribution in [3.63, 3.8) is 0 Å². The van der Waals surface area contributed by atoms with Crippen LogP contribution in [-0.2, 0) is 13.6 Å². The number of halogens is 3. The highest BCUT2D eigenvalue weighted by Gasteiger charge is 2.43. The first-order chi connectivity index (χ1) is 15.7. The second kappa shape index (κ2) is 8.14. The lowest BCUT2D eigenvalue weighted by atomic mass is 10.0. The zero-order chi connectivity index (χ0) is 23.3. The molecule has 33 heavy (non-hydrogen) atoms. The molecule has 2 aliphatic heterocycles. The van der Waals surface area contributed by atoms with Crippen LogP contribution in [0.15, 0.2) is 34.2 Å². The van der Waals surface area contributed by atoms with Gasteiger partial charge in [-0.05, 0) is 18.9 Å². The standard InChI is InChI=1S/C21H22ClF2N7O2/c1-28-16-6-14(22)9-25-17(16)31(19(33)18(28)32)15-2-4-30(5-3-15)20-26-7-13(8-27-20)10-29-11-21(23,24)12-29/h6-9,15H,2-5,10-12H2,1H3. The Morgan fingerprint density at radius 1 is 1.06 bits per heavy atom. The molecular weight excluding hydrogens is 456 g/mol. The average Bonchev–Trinajstić information content (AvgIpc) is 2.78. The van der Waals surface area contributed by atoms with Gasteiger partial charge in [-0.25, -0.2) is 23.7 Å². The fourth-order valence-corrected chi connectivity index (χ4v) is 4.69.